The van der Waals surface area contributed by atoms with Crippen LogP contribution in [0.5, 0.6) is 0 Å². The lowest BCUT2D eigenvalue weighted by Crippen LogP contribution is -2.24. The Bertz CT molecular complexity index is 671. The molecule has 2 amide bonds. The van der Waals surface area contributed by atoms with Crippen molar-refractivity contribution in [1.29, 1.82) is 0 Å². The first kappa shape index (κ1) is 15.6. The SMILES string of the molecule is CC(=O)NCc1cc(C(=O)NCc2ccc(F)cc2)ccn1. The minimum atomic E-state index is -0.313. The first-order valence-electron chi connectivity index (χ1n) is 6.76. The van der Waals surface area contributed by atoms with Gasteiger partial charge in [-0.2, -0.15) is 0 Å². The van der Waals surface area contributed by atoms with Crippen LogP contribution in [0, 0.1) is 5.82 Å². The topological polar surface area (TPSA) is 71.1 Å². The quantitative estimate of drug-likeness (QED) is 0.884. The fourth-order valence-electron chi connectivity index (χ4n) is 1.82. The zero-order chi connectivity index (χ0) is 15.9. The Labute approximate surface area is 127 Å². The predicted octanol–water partition coefficient (Wildman–Crippen LogP) is 1.79. The molecule has 0 atom stereocenters. The molecule has 114 valence electrons. The monoisotopic (exact) mass is 301 g/mol. The molecule has 6 heteroatoms. The largest absolute Gasteiger partial charge is 0.351 e. The van der Waals surface area contributed by atoms with E-state index in [9.17, 15) is 14.0 Å². The van der Waals surface area contributed by atoms with Crippen molar-refractivity contribution in [2.75, 3.05) is 0 Å². The number of hydrogen-bond donors (Lipinski definition) is 2. The molecule has 2 aromatic rings. The Morgan fingerprint density at radius 2 is 1.82 bits per heavy atom. The van der Waals surface area contributed by atoms with Crippen molar-refractivity contribution in [3.05, 3.63) is 65.2 Å². The van der Waals surface area contributed by atoms with Crippen LogP contribution in [-0.4, -0.2) is 16.8 Å². The van der Waals surface area contributed by atoms with Crippen molar-refractivity contribution < 1.29 is 14.0 Å². The number of amides is 2. The summed E-state index contributed by atoms with van der Waals surface area (Å²) in [6, 6.07) is 9.14. The molecule has 1 aromatic carbocycles. The summed E-state index contributed by atoms with van der Waals surface area (Å²) in [4.78, 5) is 27.0. The summed E-state index contributed by atoms with van der Waals surface area (Å²) in [6.07, 6.45) is 1.52. The predicted molar refractivity (Wildman–Crippen MR) is 79.3 cm³/mol. The Hall–Kier alpha value is -2.76. The Kier molecular flexibility index (Phi) is 5.19. The van der Waals surface area contributed by atoms with Crippen LogP contribution >= 0.6 is 0 Å². The van der Waals surface area contributed by atoms with Crippen molar-refractivity contribution >= 4 is 11.8 Å². The molecular weight excluding hydrogens is 285 g/mol. The van der Waals surface area contributed by atoms with E-state index in [1.165, 1.54) is 25.3 Å². The van der Waals surface area contributed by atoms with E-state index in [-0.39, 0.29) is 24.2 Å². The number of aromatic nitrogens is 1. The van der Waals surface area contributed by atoms with E-state index in [1.54, 1.807) is 24.3 Å². The molecule has 1 aromatic heterocycles. The Morgan fingerprint density at radius 1 is 1.09 bits per heavy atom. The van der Waals surface area contributed by atoms with Crippen molar-refractivity contribution in [3.63, 3.8) is 0 Å². The molecule has 0 saturated heterocycles. The highest BCUT2D eigenvalue weighted by atomic mass is 19.1. The number of hydrogen-bond acceptors (Lipinski definition) is 3. The second-order valence-corrected chi connectivity index (χ2v) is 4.75. The second-order valence-electron chi connectivity index (χ2n) is 4.75. The van der Waals surface area contributed by atoms with E-state index in [1.807, 2.05) is 0 Å². The van der Waals surface area contributed by atoms with Gasteiger partial charge in [-0.15, -0.1) is 0 Å². The van der Waals surface area contributed by atoms with E-state index in [0.717, 1.165) is 5.56 Å². The molecule has 0 fully saturated rings. The minimum Gasteiger partial charge on any atom is -0.351 e. The average Bonchev–Trinajstić information content (AvgIpc) is 2.52. The van der Waals surface area contributed by atoms with Crippen LogP contribution < -0.4 is 10.6 Å². The van der Waals surface area contributed by atoms with Crippen molar-refractivity contribution in [2.45, 2.75) is 20.0 Å². The summed E-state index contributed by atoms with van der Waals surface area (Å²) >= 11 is 0. The lowest BCUT2D eigenvalue weighted by atomic mass is 10.2. The Morgan fingerprint density at radius 3 is 2.50 bits per heavy atom. The number of pyridine rings is 1. The number of benzene rings is 1. The molecule has 2 rings (SSSR count). The highest BCUT2D eigenvalue weighted by Gasteiger charge is 2.07. The van der Waals surface area contributed by atoms with Gasteiger partial charge in [0.1, 0.15) is 5.82 Å². The summed E-state index contributed by atoms with van der Waals surface area (Å²) in [7, 11) is 0. The van der Waals surface area contributed by atoms with Crippen LogP contribution in [0.25, 0.3) is 0 Å². The third-order valence-electron chi connectivity index (χ3n) is 2.96. The van der Waals surface area contributed by atoms with E-state index in [2.05, 4.69) is 15.6 Å². The normalized spacial score (nSPS) is 10.1. The van der Waals surface area contributed by atoms with Gasteiger partial charge in [-0.1, -0.05) is 12.1 Å². The third kappa shape index (κ3) is 4.66. The maximum atomic E-state index is 12.8. The fraction of sp³-hybridized carbons (Fsp3) is 0.188. The summed E-state index contributed by atoms with van der Waals surface area (Å²) < 4.78 is 12.8. The molecule has 0 aliphatic carbocycles. The van der Waals surface area contributed by atoms with Gasteiger partial charge in [-0.25, -0.2) is 4.39 Å². The average molecular weight is 301 g/mol. The van der Waals surface area contributed by atoms with Gasteiger partial charge >= 0.3 is 0 Å². The maximum Gasteiger partial charge on any atom is 0.251 e. The van der Waals surface area contributed by atoms with Crippen LogP contribution in [0.15, 0.2) is 42.6 Å². The highest BCUT2D eigenvalue weighted by molar-refractivity contribution is 5.94. The molecule has 5 nitrogen and oxygen atoms in total. The van der Waals surface area contributed by atoms with Crippen molar-refractivity contribution in [2.24, 2.45) is 0 Å². The standard InChI is InChI=1S/C16H16FN3O2/c1-11(21)19-10-15-8-13(6-7-18-15)16(22)20-9-12-2-4-14(17)5-3-12/h2-8H,9-10H2,1H3,(H,19,21)(H,20,22). The van der Waals surface area contributed by atoms with Gasteiger partial charge in [0.25, 0.3) is 5.91 Å². The molecule has 0 bridgehead atoms. The van der Waals surface area contributed by atoms with Gasteiger partial charge in [0.05, 0.1) is 12.2 Å². The van der Waals surface area contributed by atoms with Gasteiger partial charge in [-0.3, -0.25) is 14.6 Å². The minimum absolute atomic E-state index is 0.159. The van der Waals surface area contributed by atoms with Crippen LogP contribution in [0.4, 0.5) is 4.39 Å². The van der Waals surface area contributed by atoms with Gasteiger partial charge < -0.3 is 10.6 Å². The number of halogens is 1. The highest BCUT2D eigenvalue weighted by Crippen LogP contribution is 2.05. The summed E-state index contributed by atoms with van der Waals surface area (Å²) in [5, 5.41) is 5.37. The Balaban J connectivity index is 1.95. The van der Waals surface area contributed by atoms with Crippen LogP contribution in [0.3, 0.4) is 0 Å². The second kappa shape index (κ2) is 7.31. The van der Waals surface area contributed by atoms with E-state index in [0.29, 0.717) is 17.8 Å². The number of nitrogens with zero attached hydrogens (tertiary/aromatic N) is 1. The van der Waals surface area contributed by atoms with Crippen LogP contribution in [-0.2, 0) is 17.9 Å². The molecule has 2 N–H and O–H groups in total. The first-order chi connectivity index (χ1) is 10.5. The van der Waals surface area contributed by atoms with Crippen molar-refractivity contribution in [1.82, 2.24) is 15.6 Å². The lowest BCUT2D eigenvalue weighted by molar-refractivity contribution is -0.119. The molecule has 22 heavy (non-hydrogen) atoms. The number of carbonyl (C=O) groups excluding carboxylic acids is 2. The summed E-state index contributed by atoms with van der Waals surface area (Å²) in [5.41, 5.74) is 1.87. The molecule has 0 spiro atoms. The fourth-order valence-corrected chi connectivity index (χ4v) is 1.82. The molecule has 0 aliphatic heterocycles. The van der Waals surface area contributed by atoms with Crippen LogP contribution in [0.1, 0.15) is 28.5 Å². The molecule has 0 unspecified atom stereocenters. The molecule has 0 radical (unpaired) electrons. The van der Waals surface area contributed by atoms with Gasteiger partial charge in [0.2, 0.25) is 5.91 Å². The van der Waals surface area contributed by atoms with Gasteiger partial charge in [0.15, 0.2) is 0 Å². The summed E-state index contributed by atoms with van der Waals surface area (Å²) in [6.45, 7) is 2.00. The van der Waals surface area contributed by atoms with E-state index >= 15 is 0 Å². The zero-order valence-corrected chi connectivity index (χ0v) is 12.1. The maximum absolute atomic E-state index is 12.8. The van der Waals surface area contributed by atoms with Gasteiger partial charge in [-0.05, 0) is 29.8 Å². The molecule has 1 heterocycles. The number of nitrogens with one attached hydrogen (secondary N) is 2. The third-order valence-corrected chi connectivity index (χ3v) is 2.96. The number of carbonyl (C=O) groups is 2. The van der Waals surface area contributed by atoms with E-state index in [4.69, 9.17) is 0 Å². The lowest BCUT2D eigenvalue weighted by Gasteiger charge is -2.07. The summed E-state index contributed by atoms with van der Waals surface area (Å²) in [5.74, 6) is -0.726. The zero-order valence-electron chi connectivity index (χ0n) is 12.1. The first-order valence-corrected chi connectivity index (χ1v) is 6.76. The number of rotatable bonds is 5. The molecule has 0 aliphatic rings. The van der Waals surface area contributed by atoms with Crippen LogP contribution in [0.2, 0.25) is 0 Å². The smallest absolute Gasteiger partial charge is 0.251 e. The molecule has 0 saturated carbocycles. The molecular formula is C16H16FN3O2. The van der Waals surface area contributed by atoms with E-state index < -0.39 is 0 Å². The van der Waals surface area contributed by atoms with Crippen molar-refractivity contribution in [3.8, 4) is 0 Å². The van der Waals surface area contributed by atoms with Gasteiger partial charge in [0, 0.05) is 25.2 Å².